The molecule has 0 saturated heterocycles. The fourth-order valence-electron chi connectivity index (χ4n) is 3.32. The normalized spacial score (nSPS) is 12.8. The van der Waals surface area contributed by atoms with Crippen LogP contribution in [0.15, 0.2) is 53.0 Å². The van der Waals surface area contributed by atoms with Crippen LogP contribution in [0.4, 0.5) is 18.9 Å². The third-order valence-corrected chi connectivity index (χ3v) is 6.87. The van der Waals surface area contributed by atoms with Gasteiger partial charge in [0, 0.05) is 17.6 Å². The average Bonchev–Trinajstić information content (AvgIpc) is 2.77. The van der Waals surface area contributed by atoms with Crippen molar-refractivity contribution >= 4 is 43.5 Å². The highest BCUT2D eigenvalue weighted by atomic mass is 79.9. The summed E-state index contributed by atoms with van der Waals surface area (Å²) in [4.78, 5) is 27.4. The lowest BCUT2D eigenvalue weighted by molar-refractivity contribution is -0.139. The van der Waals surface area contributed by atoms with Crippen LogP contribution in [0, 0.1) is 5.92 Å². The Hall–Kier alpha value is -2.60. The van der Waals surface area contributed by atoms with Crippen LogP contribution in [0.2, 0.25) is 0 Å². The van der Waals surface area contributed by atoms with Crippen molar-refractivity contribution in [1.29, 1.82) is 0 Å². The summed E-state index contributed by atoms with van der Waals surface area (Å²) in [5.41, 5.74) is -0.681. The summed E-state index contributed by atoms with van der Waals surface area (Å²) in [5.74, 6) is -1.01. The molecule has 1 unspecified atom stereocenters. The molecule has 0 aliphatic heterocycles. The first-order valence-corrected chi connectivity index (χ1v) is 13.7. The minimum Gasteiger partial charge on any atom is -0.354 e. The number of sulfonamides is 1. The average molecular weight is 592 g/mol. The van der Waals surface area contributed by atoms with Crippen LogP contribution in [0.5, 0.6) is 0 Å². The van der Waals surface area contributed by atoms with Crippen molar-refractivity contribution in [1.82, 2.24) is 10.2 Å². The predicted molar refractivity (Wildman–Crippen MR) is 136 cm³/mol. The number of rotatable bonds is 10. The monoisotopic (exact) mass is 591 g/mol. The quantitative estimate of drug-likeness (QED) is 0.443. The largest absolute Gasteiger partial charge is 0.416 e. The summed E-state index contributed by atoms with van der Waals surface area (Å²) in [6.07, 6.45) is -3.89. The topological polar surface area (TPSA) is 86.8 Å². The van der Waals surface area contributed by atoms with Crippen molar-refractivity contribution in [2.45, 2.75) is 39.5 Å². The Morgan fingerprint density at radius 3 is 2.25 bits per heavy atom. The number of hydrogen-bond acceptors (Lipinski definition) is 4. The van der Waals surface area contributed by atoms with Crippen LogP contribution >= 0.6 is 15.9 Å². The zero-order chi connectivity index (χ0) is 27.3. The molecule has 0 aromatic heterocycles. The van der Waals surface area contributed by atoms with E-state index in [1.165, 1.54) is 17.9 Å². The van der Waals surface area contributed by atoms with Gasteiger partial charge in [0.1, 0.15) is 12.6 Å². The molecule has 0 fully saturated rings. The molecule has 198 valence electrons. The van der Waals surface area contributed by atoms with Crippen molar-refractivity contribution < 1.29 is 31.2 Å². The fourth-order valence-corrected chi connectivity index (χ4v) is 4.61. The maximum absolute atomic E-state index is 13.4. The third-order valence-electron chi connectivity index (χ3n) is 5.23. The molecule has 2 aromatic rings. The Bertz CT molecular complexity index is 1190. The second kappa shape index (κ2) is 12.1. The highest BCUT2D eigenvalue weighted by Gasteiger charge is 2.33. The van der Waals surface area contributed by atoms with Crippen molar-refractivity contribution in [3.8, 4) is 0 Å². The first-order valence-electron chi connectivity index (χ1n) is 11.1. The van der Waals surface area contributed by atoms with Crippen LogP contribution in [-0.2, 0) is 32.3 Å². The van der Waals surface area contributed by atoms with E-state index in [1.807, 2.05) is 13.8 Å². The SMILES string of the molecule is CC(C)CNC(=O)C(C)N(Cc1cccc(Br)c1)C(=O)CN(c1cccc(C(F)(F)F)c1)S(C)(=O)=O. The molecule has 0 spiro atoms. The molecule has 0 aliphatic rings. The van der Waals surface area contributed by atoms with Gasteiger partial charge in [-0.1, -0.05) is 48.0 Å². The molecule has 0 radical (unpaired) electrons. The molecule has 2 rings (SSSR count). The second-order valence-corrected chi connectivity index (χ2v) is 11.6. The molecule has 0 saturated carbocycles. The van der Waals surface area contributed by atoms with Crippen molar-refractivity contribution in [2.75, 3.05) is 23.7 Å². The van der Waals surface area contributed by atoms with Gasteiger partial charge < -0.3 is 10.2 Å². The van der Waals surface area contributed by atoms with E-state index in [0.717, 1.165) is 22.9 Å². The highest BCUT2D eigenvalue weighted by molar-refractivity contribution is 9.10. The summed E-state index contributed by atoms with van der Waals surface area (Å²) < 4.78 is 66.1. The first-order chi connectivity index (χ1) is 16.6. The summed E-state index contributed by atoms with van der Waals surface area (Å²) in [6.45, 7) is 4.91. The highest BCUT2D eigenvalue weighted by Crippen LogP contribution is 2.32. The Balaban J connectivity index is 2.42. The zero-order valence-corrected chi connectivity index (χ0v) is 22.7. The molecule has 7 nitrogen and oxygen atoms in total. The van der Waals surface area contributed by atoms with Gasteiger partial charge in [-0.15, -0.1) is 0 Å². The van der Waals surface area contributed by atoms with E-state index in [0.29, 0.717) is 22.5 Å². The number of carbonyl (C=O) groups excluding carboxylic acids is 2. The first kappa shape index (κ1) is 29.6. The van der Waals surface area contributed by atoms with Gasteiger partial charge in [0.25, 0.3) is 0 Å². The van der Waals surface area contributed by atoms with E-state index in [1.54, 1.807) is 24.3 Å². The van der Waals surface area contributed by atoms with Gasteiger partial charge in [-0.2, -0.15) is 13.2 Å². The number of alkyl halides is 3. The molecular weight excluding hydrogens is 563 g/mol. The van der Waals surface area contributed by atoms with E-state index in [4.69, 9.17) is 0 Å². The van der Waals surface area contributed by atoms with E-state index in [9.17, 15) is 31.2 Å². The van der Waals surface area contributed by atoms with Crippen molar-refractivity contribution in [3.05, 3.63) is 64.1 Å². The third kappa shape index (κ3) is 8.51. The summed E-state index contributed by atoms with van der Waals surface area (Å²) >= 11 is 3.35. The van der Waals surface area contributed by atoms with Gasteiger partial charge in [-0.3, -0.25) is 13.9 Å². The summed E-state index contributed by atoms with van der Waals surface area (Å²) in [7, 11) is -4.15. The van der Waals surface area contributed by atoms with Crippen LogP contribution in [0.3, 0.4) is 0 Å². The van der Waals surface area contributed by atoms with Crippen LogP contribution in [0.25, 0.3) is 0 Å². The zero-order valence-electron chi connectivity index (χ0n) is 20.3. The number of halogens is 4. The number of nitrogens with one attached hydrogen (secondary N) is 1. The number of amides is 2. The van der Waals surface area contributed by atoms with E-state index in [2.05, 4.69) is 21.2 Å². The lowest BCUT2D eigenvalue weighted by Gasteiger charge is -2.31. The minimum absolute atomic E-state index is 0.0191. The molecular formula is C24H29BrF3N3O4S. The minimum atomic E-state index is -4.70. The van der Waals surface area contributed by atoms with Gasteiger partial charge in [0.05, 0.1) is 17.5 Å². The Morgan fingerprint density at radius 1 is 1.06 bits per heavy atom. The molecule has 0 bridgehead atoms. The van der Waals surface area contributed by atoms with Crippen molar-refractivity contribution in [2.24, 2.45) is 5.92 Å². The molecule has 2 amide bonds. The predicted octanol–water partition coefficient (Wildman–Crippen LogP) is 4.42. The summed E-state index contributed by atoms with van der Waals surface area (Å²) in [5, 5.41) is 2.75. The number of anilines is 1. The van der Waals surface area contributed by atoms with E-state index in [-0.39, 0.29) is 18.2 Å². The maximum Gasteiger partial charge on any atom is 0.416 e. The lowest BCUT2D eigenvalue weighted by Crippen LogP contribution is -2.51. The van der Waals surface area contributed by atoms with Crippen molar-refractivity contribution in [3.63, 3.8) is 0 Å². The molecule has 2 aromatic carbocycles. The van der Waals surface area contributed by atoms with Gasteiger partial charge in [0.15, 0.2) is 0 Å². The second-order valence-electron chi connectivity index (χ2n) is 8.78. The molecule has 36 heavy (non-hydrogen) atoms. The Morgan fingerprint density at radius 2 is 1.69 bits per heavy atom. The number of hydrogen-bond donors (Lipinski definition) is 1. The smallest absolute Gasteiger partial charge is 0.354 e. The van der Waals surface area contributed by atoms with Crippen LogP contribution in [0.1, 0.15) is 31.9 Å². The number of carbonyl (C=O) groups is 2. The van der Waals surface area contributed by atoms with E-state index >= 15 is 0 Å². The van der Waals surface area contributed by atoms with Crippen LogP contribution in [-0.4, -0.2) is 50.5 Å². The van der Waals surface area contributed by atoms with Gasteiger partial charge in [-0.05, 0) is 48.7 Å². The van der Waals surface area contributed by atoms with Gasteiger partial charge >= 0.3 is 6.18 Å². The number of benzene rings is 2. The Labute approximate surface area is 217 Å². The molecule has 0 aliphatic carbocycles. The van der Waals surface area contributed by atoms with Gasteiger partial charge in [-0.25, -0.2) is 8.42 Å². The summed E-state index contributed by atoms with van der Waals surface area (Å²) in [6, 6.07) is 9.79. The van der Waals surface area contributed by atoms with Gasteiger partial charge in [0.2, 0.25) is 21.8 Å². The maximum atomic E-state index is 13.4. The van der Waals surface area contributed by atoms with Crippen LogP contribution < -0.4 is 9.62 Å². The van der Waals surface area contributed by atoms with E-state index < -0.39 is 46.2 Å². The number of nitrogens with zero attached hydrogens (tertiary/aromatic N) is 2. The molecule has 12 heteroatoms. The fraction of sp³-hybridized carbons (Fsp3) is 0.417. The molecule has 0 heterocycles. The Kier molecular flexibility index (Phi) is 9.95. The molecule has 1 atom stereocenters. The molecule has 1 N–H and O–H groups in total. The standard InChI is InChI=1S/C24H29BrF3N3O4S/c1-16(2)13-29-23(33)17(3)30(14-18-7-5-9-20(25)11-18)22(32)15-31(36(4,34)35)21-10-6-8-19(12-21)24(26,27)28/h5-12,16-17H,13-15H2,1-4H3,(H,29,33). The lowest BCUT2D eigenvalue weighted by atomic mass is 10.1.